The molecule has 0 spiro atoms. The maximum atomic E-state index is 13.1. The standard InChI is InChI=1S/C24H23ClN2O3/c25-19-11-9-18(10-12-19)17-30-23-8-4-1-5-20(23)24(28)26-21-6-2-3-7-22(21)27-13-15-29-16-14-27/h1-12H,13-17H2,(H,26,28). The predicted molar refractivity (Wildman–Crippen MR) is 120 cm³/mol. The first kappa shape index (κ1) is 20.3. The van der Waals surface area contributed by atoms with Gasteiger partial charge in [0.2, 0.25) is 0 Å². The van der Waals surface area contributed by atoms with Gasteiger partial charge in [-0.15, -0.1) is 0 Å². The van der Waals surface area contributed by atoms with Crippen molar-refractivity contribution in [3.63, 3.8) is 0 Å². The fraction of sp³-hybridized carbons (Fsp3) is 0.208. The highest BCUT2D eigenvalue weighted by atomic mass is 35.5. The van der Waals surface area contributed by atoms with E-state index in [1.54, 1.807) is 12.1 Å². The number of ether oxygens (including phenoxy) is 2. The average molecular weight is 423 g/mol. The highest BCUT2D eigenvalue weighted by molar-refractivity contribution is 6.30. The molecule has 1 N–H and O–H groups in total. The van der Waals surface area contributed by atoms with Crippen molar-refractivity contribution in [1.82, 2.24) is 0 Å². The molecule has 154 valence electrons. The largest absolute Gasteiger partial charge is 0.488 e. The molecule has 0 atom stereocenters. The van der Waals surface area contributed by atoms with Gasteiger partial charge in [-0.1, -0.05) is 48.0 Å². The minimum absolute atomic E-state index is 0.206. The van der Waals surface area contributed by atoms with Crippen molar-refractivity contribution in [3.8, 4) is 5.75 Å². The van der Waals surface area contributed by atoms with Crippen molar-refractivity contribution < 1.29 is 14.3 Å². The topological polar surface area (TPSA) is 50.8 Å². The van der Waals surface area contributed by atoms with Crippen molar-refractivity contribution in [2.75, 3.05) is 36.5 Å². The predicted octanol–water partition coefficient (Wildman–Crippen LogP) is 5.01. The molecule has 0 unspecified atom stereocenters. The highest BCUT2D eigenvalue weighted by Crippen LogP contribution is 2.28. The van der Waals surface area contributed by atoms with Crippen LogP contribution < -0.4 is 15.0 Å². The third kappa shape index (κ3) is 4.93. The summed E-state index contributed by atoms with van der Waals surface area (Å²) in [5, 5.41) is 3.73. The number of carbonyl (C=O) groups is 1. The number of amides is 1. The fourth-order valence-electron chi connectivity index (χ4n) is 3.37. The average Bonchev–Trinajstić information content (AvgIpc) is 2.80. The summed E-state index contributed by atoms with van der Waals surface area (Å²) in [5.74, 6) is 0.330. The summed E-state index contributed by atoms with van der Waals surface area (Å²) in [6.07, 6.45) is 0. The quantitative estimate of drug-likeness (QED) is 0.606. The zero-order chi connectivity index (χ0) is 20.8. The molecular formula is C24H23ClN2O3. The summed E-state index contributed by atoms with van der Waals surface area (Å²) in [6, 6.07) is 22.5. The second kappa shape index (κ2) is 9.65. The number of benzene rings is 3. The Morgan fingerprint density at radius 3 is 2.47 bits per heavy atom. The van der Waals surface area contributed by atoms with E-state index in [9.17, 15) is 4.79 Å². The molecule has 3 aromatic carbocycles. The van der Waals surface area contributed by atoms with E-state index >= 15 is 0 Å². The van der Waals surface area contributed by atoms with Crippen LogP contribution in [0.4, 0.5) is 11.4 Å². The molecule has 0 bridgehead atoms. The van der Waals surface area contributed by atoms with Gasteiger partial charge in [-0.25, -0.2) is 0 Å². The number of morpholine rings is 1. The molecule has 1 heterocycles. The normalized spacial score (nSPS) is 13.7. The van der Waals surface area contributed by atoms with Gasteiger partial charge in [0.25, 0.3) is 5.91 Å². The Hall–Kier alpha value is -3.02. The van der Waals surface area contributed by atoms with E-state index < -0.39 is 0 Å². The van der Waals surface area contributed by atoms with Crippen molar-refractivity contribution in [2.24, 2.45) is 0 Å². The SMILES string of the molecule is O=C(Nc1ccccc1N1CCOCC1)c1ccccc1OCc1ccc(Cl)cc1. The Labute approximate surface area is 181 Å². The first-order valence-corrected chi connectivity index (χ1v) is 10.3. The Kier molecular flexibility index (Phi) is 6.52. The molecule has 0 saturated carbocycles. The number of rotatable bonds is 6. The van der Waals surface area contributed by atoms with Gasteiger partial charge in [0.1, 0.15) is 12.4 Å². The lowest BCUT2D eigenvalue weighted by Gasteiger charge is -2.30. The molecule has 1 aliphatic heterocycles. The van der Waals surface area contributed by atoms with Crippen LogP contribution in [0, 0.1) is 0 Å². The summed E-state index contributed by atoms with van der Waals surface area (Å²) >= 11 is 5.94. The summed E-state index contributed by atoms with van der Waals surface area (Å²) in [6.45, 7) is 3.32. The van der Waals surface area contributed by atoms with Gasteiger partial charge in [-0.3, -0.25) is 4.79 Å². The minimum atomic E-state index is -0.206. The first-order chi connectivity index (χ1) is 14.7. The fourth-order valence-corrected chi connectivity index (χ4v) is 3.50. The van der Waals surface area contributed by atoms with Crippen LogP contribution in [-0.2, 0) is 11.3 Å². The molecule has 1 amide bonds. The van der Waals surface area contributed by atoms with E-state index in [0.717, 1.165) is 30.0 Å². The monoisotopic (exact) mass is 422 g/mol. The van der Waals surface area contributed by atoms with Crippen molar-refractivity contribution in [2.45, 2.75) is 6.61 Å². The molecule has 30 heavy (non-hydrogen) atoms. The van der Waals surface area contributed by atoms with E-state index in [1.165, 1.54) is 0 Å². The van der Waals surface area contributed by atoms with Crippen LogP contribution in [0.2, 0.25) is 5.02 Å². The Morgan fingerprint density at radius 1 is 0.967 bits per heavy atom. The third-order valence-electron chi connectivity index (χ3n) is 4.94. The molecule has 5 nitrogen and oxygen atoms in total. The van der Waals surface area contributed by atoms with Gasteiger partial charge in [0, 0.05) is 18.1 Å². The number of anilines is 2. The van der Waals surface area contributed by atoms with Crippen LogP contribution in [0.5, 0.6) is 5.75 Å². The Morgan fingerprint density at radius 2 is 1.67 bits per heavy atom. The van der Waals surface area contributed by atoms with Crippen LogP contribution in [0.15, 0.2) is 72.8 Å². The van der Waals surface area contributed by atoms with E-state index in [1.807, 2.05) is 60.7 Å². The highest BCUT2D eigenvalue weighted by Gasteiger charge is 2.18. The number of halogens is 1. The number of carbonyl (C=O) groups excluding carboxylic acids is 1. The van der Waals surface area contributed by atoms with E-state index in [2.05, 4.69) is 10.2 Å². The first-order valence-electron chi connectivity index (χ1n) is 9.90. The summed E-state index contributed by atoms with van der Waals surface area (Å²) in [5.41, 5.74) is 3.24. The van der Waals surface area contributed by atoms with E-state index in [4.69, 9.17) is 21.1 Å². The summed E-state index contributed by atoms with van der Waals surface area (Å²) < 4.78 is 11.4. The van der Waals surface area contributed by atoms with E-state index in [0.29, 0.717) is 36.2 Å². The maximum absolute atomic E-state index is 13.1. The molecule has 4 rings (SSSR count). The molecule has 1 saturated heterocycles. The zero-order valence-corrected chi connectivity index (χ0v) is 17.3. The van der Waals surface area contributed by atoms with Gasteiger partial charge in [0.15, 0.2) is 0 Å². The number of hydrogen-bond donors (Lipinski definition) is 1. The molecule has 3 aromatic rings. The summed E-state index contributed by atoms with van der Waals surface area (Å²) in [4.78, 5) is 15.3. The Balaban J connectivity index is 1.50. The van der Waals surface area contributed by atoms with Gasteiger partial charge in [-0.05, 0) is 42.0 Å². The van der Waals surface area contributed by atoms with Crippen LogP contribution in [0.1, 0.15) is 15.9 Å². The van der Waals surface area contributed by atoms with E-state index in [-0.39, 0.29) is 5.91 Å². The molecule has 0 radical (unpaired) electrons. The molecule has 0 aromatic heterocycles. The van der Waals surface area contributed by atoms with Crippen molar-refractivity contribution in [3.05, 3.63) is 88.9 Å². The lowest BCUT2D eigenvalue weighted by atomic mass is 10.1. The van der Waals surface area contributed by atoms with Crippen LogP contribution in [0.3, 0.4) is 0 Å². The number of nitrogens with zero attached hydrogens (tertiary/aromatic N) is 1. The van der Waals surface area contributed by atoms with Gasteiger partial charge >= 0.3 is 0 Å². The lowest BCUT2D eigenvalue weighted by Crippen LogP contribution is -2.36. The minimum Gasteiger partial charge on any atom is -0.488 e. The molecule has 0 aliphatic carbocycles. The Bertz CT molecular complexity index is 1000. The van der Waals surface area contributed by atoms with Gasteiger partial charge in [-0.2, -0.15) is 0 Å². The second-order valence-electron chi connectivity index (χ2n) is 6.98. The zero-order valence-electron chi connectivity index (χ0n) is 16.5. The molecule has 1 fully saturated rings. The second-order valence-corrected chi connectivity index (χ2v) is 7.42. The van der Waals surface area contributed by atoms with Crippen molar-refractivity contribution >= 4 is 28.9 Å². The van der Waals surface area contributed by atoms with Crippen LogP contribution in [0.25, 0.3) is 0 Å². The maximum Gasteiger partial charge on any atom is 0.259 e. The van der Waals surface area contributed by atoms with Crippen LogP contribution >= 0.6 is 11.6 Å². The van der Waals surface area contributed by atoms with Crippen LogP contribution in [-0.4, -0.2) is 32.2 Å². The lowest BCUT2D eigenvalue weighted by molar-refractivity contribution is 0.102. The third-order valence-corrected chi connectivity index (χ3v) is 5.20. The van der Waals surface area contributed by atoms with Crippen molar-refractivity contribution in [1.29, 1.82) is 0 Å². The molecule has 6 heteroatoms. The van der Waals surface area contributed by atoms with Gasteiger partial charge < -0.3 is 19.7 Å². The summed E-state index contributed by atoms with van der Waals surface area (Å²) in [7, 11) is 0. The molecular weight excluding hydrogens is 400 g/mol. The number of nitrogens with one attached hydrogen (secondary N) is 1. The number of hydrogen-bond acceptors (Lipinski definition) is 4. The number of para-hydroxylation sites is 3. The molecule has 1 aliphatic rings. The smallest absolute Gasteiger partial charge is 0.259 e. The van der Waals surface area contributed by atoms with Gasteiger partial charge in [0.05, 0.1) is 30.2 Å².